The van der Waals surface area contributed by atoms with Gasteiger partial charge in [-0.25, -0.2) is 4.39 Å². The maximum absolute atomic E-state index is 13.1. The van der Waals surface area contributed by atoms with E-state index in [2.05, 4.69) is 5.32 Å². The van der Waals surface area contributed by atoms with Crippen LogP contribution >= 0.6 is 0 Å². The monoisotopic (exact) mass is 259 g/mol. The van der Waals surface area contributed by atoms with E-state index in [9.17, 15) is 9.50 Å². The number of hydrogen-bond acceptors (Lipinski definition) is 3. The van der Waals surface area contributed by atoms with E-state index in [1.54, 1.807) is 6.07 Å². The molecule has 2 aromatic rings. The summed E-state index contributed by atoms with van der Waals surface area (Å²) in [5, 5.41) is 12.5. The van der Waals surface area contributed by atoms with Gasteiger partial charge in [0.25, 0.3) is 0 Å². The van der Waals surface area contributed by atoms with Crippen molar-refractivity contribution in [1.29, 1.82) is 0 Å². The van der Waals surface area contributed by atoms with Gasteiger partial charge in [-0.3, -0.25) is 0 Å². The minimum atomic E-state index is -0.431. The predicted molar refractivity (Wildman–Crippen MR) is 71.0 cm³/mol. The molecule has 2 N–H and O–H groups in total. The first kappa shape index (κ1) is 11.8. The van der Waals surface area contributed by atoms with Gasteiger partial charge in [-0.2, -0.15) is 0 Å². The molecule has 0 saturated carbocycles. The van der Waals surface area contributed by atoms with Crippen LogP contribution in [0.5, 0.6) is 11.5 Å². The van der Waals surface area contributed by atoms with Crippen LogP contribution < -0.4 is 10.1 Å². The molecule has 1 aliphatic rings. The van der Waals surface area contributed by atoms with Crippen LogP contribution in [0, 0.1) is 5.82 Å². The van der Waals surface area contributed by atoms with Gasteiger partial charge in [-0.15, -0.1) is 0 Å². The molecule has 0 unspecified atom stereocenters. The zero-order chi connectivity index (χ0) is 13.2. The number of benzene rings is 2. The number of ether oxygens (including phenoxy) is 1. The van der Waals surface area contributed by atoms with Crippen LogP contribution in [0.25, 0.3) is 0 Å². The summed E-state index contributed by atoms with van der Waals surface area (Å²) in [7, 11) is 0. The molecule has 3 rings (SSSR count). The lowest BCUT2D eigenvalue weighted by atomic mass is 10.1. The number of aromatic hydroxyl groups is 1. The summed E-state index contributed by atoms with van der Waals surface area (Å²) in [5.74, 6) is 0.451. The van der Waals surface area contributed by atoms with Crippen LogP contribution in [0.3, 0.4) is 0 Å². The summed E-state index contributed by atoms with van der Waals surface area (Å²) in [6.07, 6.45) is 0.922. The van der Waals surface area contributed by atoms with Crippen molar-refractivity contribution in [3.8, 4) is 11.5 Å². The zero-order valence-electron chi connectivity index (χ0n) is 10.3. The third-order valence-electron chi connectivity index (χ3n) is 3.13. The summed E-state index contributed by atoms with van der Waals surface area (Å²) < 4.78 is 18.6. The van der Waals surface area contributed by atoms with E-state index in [0.717, 1.165) is 30.5 Å². The Bertz CT molecular complexity index is 593. The smallest absolute Gasteiger partial charge is 0.127 e. The van der Waals surface area contributed by atoms with Crippen molar-refractivity contribution in [1.82, 2.24) is 0 Å². The van der Waals surface area contributed by atoms with Crippen LogP contribution in [0.2, 0.25) is 0 Å². The first-order valence-electron chi connectivity index (χ1n) is 6.19. The summed E-state index contributed by atoms with van der Waals surface area (Å²) in [5.41, 5.74) is 2.86. The number of phenols is 1. The third kappa shape index (κ3) is 2.62. The highest BCUT2D eigenvalue weighted by molar-refractivity contribution is 5.52. The standard InChI is InChI=1S/C15H14FNO2/c16-12-5-10(6-14(18)8-12)9-17-13-1-2-15-11(7-13)3-4-19-15/h1-2,5-8,17-18H,3-4,9H2. The van der Waals surface area contributed by atoms with Gasteiger partial charge in [0.1, 0.15) is 17.3 Å². The molecule has 0 aliphatic carbocycles. The molecule has 0 bridgehead atoms. The summed E-state index contributed by atoms with van der Waals surface area (Å²) in [6.45, 7) is 1.20. The van der Waals surface area contributed by atoms with Crippen molar-refractivity contribution in [2.45, 2.75) is 13.0 Å². The number of hydrogen-bond donors (Lipinski definition) is 2. The van der Waals surface area contributed by atoms with Gasteiger partial charge >= 0.3 is 0 Å². The summed E-state index contributed by atoms with van der Waals surface area (Å²) >= 11 is 0. The number of fused-ring (bicyclic) bond motifs is 1. The fraction of sp³-hybridized carbons (Fsp3) is 0.200. The lowest BCUT2D eigenvalue weighted by molar-refractivity contribution is 0.357. The van der Waals surface area contributed by atoms with Crippen LogP contribution in [0.1, 0.15) is 11.1 Å². The second-order valence-electron chi connectivity index (χ2n) is 4.59. The molecule has 1 heterocycles. The number of anilines is 1. The maximum atomic E-state index is 13.1. The Hall–Kier alpha value is -2.23. The van der Waals surface area contributed by atoms with Crippen LogP contribution in [-0.2, 0) is 13.0 Å². The Morgan fingerprint density at radius 3 is 2.95 bits per heavy atom. The van der Waals surface area contributed by atoms with Crippen molar-refractivity contribution < 1.29 is 14.2 Å². The Morgan fingerprint density at radius 2 is 2.11 bits per heavy atom. The van der Waals surface area contributed by atoms with Crippen molar-refractivity contribution in [3.05, 3.63) is 53.3 Å². The van der Waals surface area contributed by atoms with E-state index in [1.807, 2.05) is 18.2 Å². The molecule has 0 radical (unpaired) electrons. The average Bonchev–Trinajstić information content (AvgIpc) is 2.82. The van der Waals surface area contributed by atoms with E-state index in [0.29, 0.717) is 12.1 Å². The van der Waals surface area contributed by atoms with Crippen molar-refractivity contribution in [2.24, 2.45) is 0 Å². The Morgan fingerprint density at radius 1 is 1.21 bits per heavy atom. The van der Waals surface area contributed by atoms with Crippen molar-refractivity contribution in [3.63, 3.8) is 0 Å². The molecule has 0 aromatic heterocycles. The Labute approximate surface area is 110 Å². The second kappa shape index (κ2) is 4.80. The highest BCUT2D eigenvalue weighted by Crippen LogP contribution is 2.28. The van der Waals surface area contributed by atoms with Crippen molar-refractivity contribution in [2.75, 3.05) is 11.9 Å². The van der Waals surface area contributed by atoms with E-state index < -0.39 is 5.82 Å². The molecule has 0 spiro atoms. The van der Waals surface area contributed by atoms with Gasteiger partial charge in [0.15, 0.2) is 0 Å². The highest BCUT2D eigenvalue weighted by Gasteiger charge is 2.11. The molecule has 3 nitrogen and oxygen atoms in total. The average molecular weight is 259 g/mol. The number of halogens is 1. The minimum Gasteiger partial charge on any atom is -0.508 e. The van der Waals surface area contributed by atoms with Gasteiger partial charge in [0, 0.05) is 24.7 Å². The molecule has 1 aliphatic heterocycles. The highest BCUT2D eigenvalue weighted by atomic mass is 19.1. The van der Waals surface area contributed by atoms with E-state index in [-0.39, 0.29) is 5.75 Å². The molecule has 0 saturated heterocycles. The number of phenolic OH excluding ortho intramolecular Hbond substituents is 1. The molecular formula is C15H14FNO2. The summed E-state index contributed by atoms with van der Waals surface area (Å²) in [4.78, 5) is 0. The normalized spacial score (nSPS) is 12.9. The Kier molecular flexibility index (Phi) is 2.99. The lowest BCUT2D eigenvalue weighted by Crippen LogP contribution is -2.00. The van der Waals surface area contributed by atoms with Gasteiger partial charge in [0.2, 0.25) is 0 Å². The maximum Gasteiger partial charge on any atom is 0.127 e. The van der Waals surface area contributed by atoms with Gasteiger partial charge in [-0.05, 0) is 41.5 Å². The molecule has 2 aromatic carbocycles. The van der Waals surface area contributed by atoms with Gasteiger partial charge < -0.3 is 15.2 Å². The van der Waals surface area contributed by atoms with E-state index in [1.165, 1.54) is 11.6 Å². The fourth-order valence-corrected chi connectivity index (χ4v) is 2.24. The van der Waals surface area contributed by atoms with Crippen LogP contribution in [0.4, 0.5) is 10.1 Å². The first-order valence-corrected chi connectivity index (χ1v) is 6.19. The molecular weight excluding hydrogens is 245 g/mol. The molecule has 4 heteroatoms. The fourth-order valence-electron chi connectivity index (χ4n) is 2.24. The SMILES string of the molecule is Oc1cc(F)cc(CNc2ccc3c(c2)CCO3)c1. The molecule has 0 fully saturated rings. The topological polar surface area (TPSA) is 41.5 Å². The Balaban J connectivity index is 1.72. The first-order chi connectivity index (χ1) is 9.20. The van der Waals surface area contributed by atoms with Gasteiger partial charge in [-0.1, -0.05) is 0 Å². The largest absolute Gasteiger partial charge is 0.508 e. The molecule has 19 heavy (non-hydrogen) atoms. The van der Waals surface area contributed by atoms with Crippen molar-refractivity contribution >= 4 is 5.69 Å². The van der Waals surface area contributed by atoms with Crippen LogP contribution in [0.15, 0.2) is 36.4 Å². The van der Waals surface area contributed by atoms with Gasteiger partial charge in [0.05, 0.1) is 6.61 Å². The van der Waals surface area contributed by atoms with E-state index >= 15 is 0 Å². The third-order valence-corrected chi connectivity index (χ3v) is 3.13. The zero-order valence-corrected chi connectivity index (χ0v) is 10.3. The second-order valence-corrected chi connectivity index (χ2v) is 4.59. The predicted octanol–water partition coefficient (Wildman–Crippen LogP) is 3.08. The number of rotatable bonds is 3. The summed E-state index contributed by atoms with van der Waals surface area (Å²) in [6, 6.07) is 9.96. The molecule has 98 valence electrons. The van der Waals surface area contributed by atoms with E-state index in [4.69, 9.17) is 4.74 Å². The lowest BCUT2D eigenvalue weighted by Gasteiger charge is -2.08. The van der Waals surface area contributed by atoms with Crippen LogP contribution in [-0.4, -0.2) is 11.7 Å². The molecule has 0 atom stereocenters. The minimum absolute atomic E-state index is 0.0563. The number of nitrogens with one attached hydrogen (secondary N) is 1. The molecule has 0 amide bonds. The quantitative estimate of drug-likeness (QED) is 0.890.